The summed E-state index contributed by atoms with van der Waals surface area (Å²) in [6, 6.07) is 8.37. The molecule has 0 bridgehead atoms. The number of piperidine rings is 1. The summed E-state index contributed by atoms with van der Waals surface area (Å²) in [6.07, 6.45) is 1.51. The molecule has 3 heterocycles. The minimum absolute atomic E-state index is 0.0999. The van der Waals surface area contributed by atoms with E-state index in [0.717, 1.165) is 31.8 Å². The summed E-state index contributed by atoms with van der Waals surface area (Å²) >= 11 is 0. The van der Waals surface area contributed by atoms with Gasteiger partial charge in [-0.15, -0.1) is 0 Å². The average molecular weight is 401 g/mol. The zero-order chi connectivity index (χ0) is 20.6. The van der Waals surface area contributed by atoms with Crippen molar-refractivity contribution in [1.82, 2.24) is 9.80 Å². The topological polar surface area (TPSA) is 59.1 Å². The average Bonchev–Trinajstić information content (AvgIpc) is 2.65. The lowest BCUT2D eigenvalue weighted by Crippen LogP contribution is -2.58. The minimum Gasteiger partial charge on any atom is -0.493 e. The zero-order valence-corrected chi connectivity index (χ0v) is 17.7. The molecule has 3 aliphatic heterocycles. The van der Waals surface area contributed by atoms with E-state index in [1.165, 1.54) is 5.56 Å². The first-order chi connectivity index (χ1) is 13.8. The van der Waals surface area contributed by atoms with E-state index in [4.69, 9.17) is 9.47 Å². The van der Waals surface area contributed by atoms with Gasteiger partial charge in [0.15, 0.2) is 5.78 Å². The number of urea groups is 1. The van der Waals surface area contributed by atoms with Gasteiger partial charge in [0, 0.05) is 44.4 Å². The number of Topliss-reactive ketones (excluding diaryl/α,β-unsaturated/α-hetero) is 1. The molecule has 0 saturated carbocycles. The predicted molar refractivity (Wildman–Crippen MR) is 110 cm³/mol. The summed E-state index contributed by atoms with van der Waals surface area (Å²) in [6.45, 7) is 10.2. The fraction of sp³-hybridized carbons (Fsp3) is 0.652. The molecule has 3 fully saturated rings. The van der Waals surface area contributed by atoms with Crippen molar-refractivity contribution in [2.75, 3.05) is 39.4 Å². The summed E-state index contributed by atoms with van der Waals surface area (Å²) in [5.74, 6) is 1.59. The van der Waals surface area contributed by atoms with Crippen LogP contribution in [0.15, 0.2) is 24.3 Å². The molecule has 6 nitrogen and oxygen atoms in total. The van der Waals surface area contributed by atoms with E-state index < -0.39 is 0 Å². The Kier molecular flexibility index (Phi) is 5.56. The summed E-state index contributed by atoms with van der Waals surface area (Å²) in [7, 11) is 0. The van der Waals surface area contributed by atoms with Crippen LogP contribution in [0, 0.1) is 11.3 Å². The molecule has 158 valence electrons. The second-order valence-electron chi connectivity index (χ2n) is 9.89. The monoisotopic (exact) mass is 400 g/mol. The number of benzene rings is 1. The number of ether oxygens (including phenoxy) is 2. The fourth-order valence-electron chi connectivity index (χ4n) is 4.33. The number of rotatable bonds is 3. The number of ketones is 1. The Bertz CT molecular complexity index is 749. The number of hydrogen-bond donors (Lipinski definition) is 0. The van der Waals surface area contributed by atoms with Gasteiger partial charge < -0.3 is 19.3 Å². The predicted octanol–water partition coefficient (Wildman–Crippen LogP) is 3.31. The van der Waals surface area contributed by atoms with Crippen LogP contribution in [-0.4, -0.2) is 67.1 Å². The highest BCUT2D eigenvalue weighted by molar-refractivity contribution is 5.81. The molecule has 1 aromatic carbocycles. The van der Waals surface area contributed by atoms with Crippen molar-refractivity contribution in [3.63, 3.8) is 0 Å². The zero-order valence-electron chi connectivity index (χ0n) is 17.7. The van der Waals surface area contributed by atoms with Crippen LogP contribution in [0.3, 0.4) is 0 Å². The van der Waals surface area contributed by atoms with Crippen LogP contribution in [0.25, 0.3) is 0 Å². The van der Waals surface area contributed by atoms with E-state index in [-0.39, 0.29) is 35.9 Å². The van der Waals surface area contributed by atoms with Crippen LogP contribution >= 0.6 is 0 Å². The standard InChI is InChI=1S/C23H32N2O4/c1-23(2,3)15-29-20-6-4-16(5-7-20)18-12-25(13-18)22(27)24-9-8-21-17(11-24)10-19(26)14-28-21/h4-7,17-18,21H,8-15H2,1-3H3/t17-,21+/m1/s1. The van der Waals surface area contributed by atoms with Crippen LogP contribution in [0.5, 0.6) is 5.75 Å². The van der Waals surface area contributed by atoms with E-state index in [0.29, 0.717) is 25.5 Å². The van der Waals surface area contributed by atoms with Gasteiger partial charge in [0.25, 0.3) is 0 Å². The highest BCUT2D eigenvalue weighted by Crippen LogP contribution is 2.32. The van der Waals surface area contributed by atoms with Crippen LogP contribution in [-0.2, 0) is 9.53 Å². The molecule has 4 rings (SSSR count). The lowest BCUT2D eigenvalue weighted by Gasteiger charge is -2.46. The van der Waals surface area contributed by atoms with Gasteiger partial charge in [-0.05, 0) is 29.5 Å². The van der Waals surface area contributed by atoms with E-state index in [1.807, 2.05) is 21.9 Å². The van der Waals surface area contributed by atoms with Gasteiger partial charge >= 0.3 is 6.03 Å². The van der Waals surface area contributed by atoms with Crippen molar-refractivity contribution in [3.05, 3.63) is 29.8 Å². The van der Waals surface area contributed by atoms with Crippen molar-refractivity contribution in [3.8, 4) is 5.75 Å². The Morgan fingerprint density at radius 3 is 2.55 bits per heavy atom. The van der Waals surface area contributed by atoms with Gasteiger partial charge in [-0.2, -0.15) is 0 Å². The Morgan fingerprint density at radius 1 is 1.14 bits per heavy atom. The number of nitrogens with zero attached hydrogens (tertiary/aromatic N) is 2. The Morgan fingerprint density at radius 2 is 1.86 bits per heavy atom. The van der Waals surface area contributed by atoms with E-state index in [1.54, 1.807) is 0 Å². The first kappa shape index (κ1) is 20.2. The number of amides is 2. The Hall–Kier alpha value is -2.08. The second-order valence-corrected chi connectivity index (χ2v) is 9.89. The number of carbonyl (C=O) groups is 2. The van der Waals surface area contributed by atoms with Crippen molar-refractivity contribution < 1.29 is 19.1 Å². The van der Waals surface area contributed by atoms with Crippen molar-refractivity contribution in [2.24, 2.45) is 11.3 Å². The second kappa shape index (κ2) is 7.98. The minimum atomic E-state index is 0.0999. The number of hydrogen-bond acceptors (Lipinski definition) is 4. The highest BCUT2D eigenvalue weighted by Gasteiger charge is 2.40. The third kappa shape index (κ3) is 4.74. The molecule has 6 heteroatoms. The fourth-order valence-corrected chi connectivity index (χ4v) is 4.33. The van der Waals surface area contributed by atoms with Crippen LogP contribution in [0.4, 0.5) is 4.79 Å². The molecule has 1 aromatic rings. The molecular weight excluding hydrogens is 368 g/mol. The molecule has 29 heavy (non-hydrogen) atoms. The largest absolute Gasteiger partial charge is 0.493 e. The summed E-state index contributed by atoms with van der Waals surface area (Å²) < 4.78 is 11.5. The highest BCUT2D eigenvalue weighted by atomic mass is 16.5. The lowest BCUT2D eigenvalue weighted by molar-refractivity contribution is -0.140. The third-order valence-electron chi connectivity index (χ3n) is 6.06. The SMILES string of the molecule is CC(C)(C)COc1ccc(C2CN(C(=O)N3CC[C@@H]4OCC(=O)C[C@@H]4C3)C2)cc1. The summed E-state index contributed by atoms with van der Waals surface area (Å²) in [5, 5.41) is 0. The number of carbonyl (C=O) groups excluding carboxylic acids is 2. The molecule has 0 aliphatic carbocycles. The quantitative estimate of drug-likeness (QED) is 0.781. The van der Waals surface area contributed by atoms with E-state index in [9.17, 15) is 9.59 Å². The smallest absolute Gasteiger partial charge is 0.320 e. The van der Waals surface area contributed by atoms with Crippen molar-refractivity contribution in [1.29, 1.82) is 0 Å². The van der Waals surface area contributed by atoms with Crippen LogP contribution in [0.1, 0.15) is 45.1 Å². The maximum Gasteiger partial charge on any atom is 0.320 e. The molecule has 0 N–H and O–H groups in total. The van der Waals surface area contributed by atoms with E-state index in [2.05, 4.69) is 32.9 Å². The molecule has 0 aromatic heterocycles. The first-order valence-corrected chi connectivity index (χ1v) is 10.7. The summed E-state index contributed by atoms with van der Waals surface area (Å²) in [5.41, 5.74) is 1.39. The Balaban J connectivity index is 1.26. The number of likely N-dealkylation sites (tertiary alicyclic amines) is 2. The maximum atomic E-state index is 12.9. The summed E-state index contributed by atoms with van der Waals surface area (Å²) in [4.78, 5) is 28.3. The molecule has 2 amide bonds. The molecular formula is C23H32N2O4. The third-order valence-corrected chi connectivity index (χ3v) is 6.06. The molecule has 0 radical (unpaired) electrons. The van der Waals surface area contributed by atoms with Crippen molar-refractivity contribution >= 4 is 11.8 Å². The molecule has 0 spiro atoms. The van der Waals surface area contributed by atoms with Crippen molar-refractivity contribution in [2.45, 2.75) is 45.6 Å². The van der Waals surface area contributed by atoms with Gasteiger partial charge in [-0.3, -0.25) is 4.79 Å². The first-order valence-electron chi connectivity index (χ1n) is 10.7. The molecule has 3 aliphatic rings. The molecule has 0 unspecified atom stereocenters. The van der Waals surface area contributed by atoms with Gasteiger partial charge in [-0.25, -0.2) is 4.79 Å². The van der Waals surface area contributed by atoms with Gasteiger partial charge in [0.05, 0.1) is 12.7 Å². The lowest BCUT2D eigenvalue weighted by atomic mass is 9.87. The van der Waals surface area contributed by atoms with Gasteiger partial charge in [0.1, 0.15) is 12.4 Å². The van der Waals surface area contributed by atoms with E-state index >= 15 is 0 Å². The molecule has 2 atom stereocenters. The van der Waals surface area contributed by atoms with Gasteiger partial charge in [0.2, 0.25) is 0 Å². The Labute approximate surface area is 173 Å². The number of fused-ring (bicyclic) bond motifs is 1. The maximum absolute atomic E-state index is 12.9. The normalized spacial score (nSPS) is 25.4. The van der Waals surface area contributed by atoms with Gasteiger partial charge in [-0.1, -0.05) is 32.9 Å². The van der Waals surface area contributed by atoms with Crippen LogP contribution < -0.4 is 4.74 Å². The molecule has 3 saturated heterocycles. The van der Waals surface area contributed by atoms with Crippen LogP contribution in [0.2, 0.25) is 0 Å².